The van der Waals surface area contributed by atoms with Crippen molar-refractivity contribution in [1.29, 1.82) is 0 Å². The highest BCUT2D eigenvalue weighted by Crippen LogP contribution is 2.37. The average molecular weight is 410 g/mol. The van der Waals surface area contributed by atoms with Crippen LogP contribution in [0.5, 0.6) is 0 Å². The Bertz CT molecular complexity index is 606. The zero-order valence-corrected chi connectivity index (χ0v) is 19.4. The molecule has 0 N–H and O–H groups in total. The molecule has 1 amide bonds. The summed E-state index contributed by atoms with van der Waals surface area (Å²) in [6.45, 7) is 16.6. The number of likely N-dealkylation sites (tertiary alicyclic amines) is 1. The van der Waals surface area contributed by atoms with Gasteiger partial charge >= 0.3 is 6.09 Å². The van der Waals surface area contributed by atoms with E-state index in [1.165, 1.54) is 4.90 Å². The minimum atomic E-state index is -3.59. The number of hydrogen-bond donors (Lipinski definition) is 0. The molecule has 0 aliphatic carbocycles. The van der Waals surface area contributed by atoms with Gasteiger partial charge in [-0.05, 0) is 45.3 Å². The fourth-order valence-electron chi connectivity index (χ4n) is 2.41. The van der Waals surface area contributed by atoms with Crippen molar-refractivity contribution >= 4 is 24.5 Å². The third-order valence-electron chi connectivity index (χ3n) is 4.76. The number of carbonyl (C=O) groups excluding carboxylic acids is 1. The Balaban J connectivity index is 2.90. The zero-order chi connectivity index (χ0) is 20.6. The van der Waals surface area contributed by atoms with E-state index in [4.69, 9.17) is 13.3 Å². The molecule has 1 rings (SSSR count). The normalized spacial score (nSPS) is 22.6. The Hall–Kier alpha value is -0.643. The molecule has 1 fully saturated rings. The summed E-state index contributed by atoms with van der Waals surface area (Å²) >= 11 is 0. The molecule has 1 saturated heterocycles. The highest BCUT2D eigenvalue weighted by molar-refractivity contribution is 7.86. The molecule has 0 aromatic heterocycles. The first-order chi connectivity index (χ1) is 11.4. The predicted molar refractivity (Wildman–Crippen MR) is 104 cm³/mol. The predicted octanol–water partition coefficient (Wildman–Crippen LogP) is 3.36. The van der Waals surface area contributed by atoms with Crippen LogP contribution >= 0.6 is 0 Å². The summed E-state index contributed by atoms with van der Waals surface area (Å²) in [4.78, 5) is 14.1. The lowest BCUT2D eigenvalue weighted by Crippen LogP contribution is -2.46. The molecule has 1 aliphatic rings. The van der Waals surface area contributed by atoms with Crippen LogP contribution in [0.2, 0.25) is 18.1 Å². The van der Waals surface area contributed by atoms with Crippen LogP contribution in [0.3, 0.4) is 0 Å². The largest absolute Gasteiger partial charge is 0.444 e. The van der Waals surface area contributed by atoms with Gasteiger partial charge in [0.15, 0.2) is 8.32 Å². The highest BCUT2D eigenvalue weighted by Gasteiger charge is 2.43. The molecule has 0 saturated carbocycles. The van der Waals surface area contributed by atoms with Gasteiger partial charge in [0.25, 0.3) is 10.1 Å². The summed E-state index contributed by atoms with van der Waals surface area (Å²) in [6.07, 6.45) is 0.372. The molecule has 1 aliphatic heterocycles. The second-order valence-corrected chi connectivity index (χ2v) is 15.9. The molecule has 2 unspecified atom stereocenters. The van der Waals surface area contributed by atoms with Crippen molar-refractivity contribution in [3.8, 4) is 0 Å². The van der Waals surface area contributed by atoms with E-state index in [1.54, 1.807) is 20.8 Å². The minimum Gasteiger partial charge on any atom is -0.444 e. The Morgan fingerprint density at radius 2 is 1.69 bits per heavy atom. The van der Waals surface area contributed by atoms with E-state index in [-0.39, 0.29) is 17.6 Å². The highest BCUT2D eigenvalue weighted by atomic mass is 32.2. The van der Waals surface area contributed by atoms with Crippen LogP contribution in [-0.2, 0) is 23.5 Å². The molecule has 154 valence electrons. The van der Waals surface area contributed by atoms with Crippen molar-refractivity contribution < 1.29 is 26.6 Å². The Kier molecular flexibility index (Phi) is 6.99. The summed E-state index contributed by atoms with van der Waals surface area (Å²) in [5.41, 5.74) is -0.627. The van der Waals surface area contributed by atoms with Crippen molar-refractivity contribution in [2.45, 2.75) is 83.8 Å². The topological polar surface area (TPSA) is 82.1 Å². The van der Waals surface area contributed by atoms with Gasteiger partial charge in [-0.15, -0.1) is 0 Å². The van der Waals surface area contributed by atoms with E-state index >= 15 is 0 Å². The Morgan fingerprint density at radius 3 is 2.12 bits per heavy atom. The van der Waals surface area contributed by atoms with Crippen molar-refractivity contribution in [2.75, 3.05) is 19.4 Å². The summed E-state index contributed by atoms with van der Waals surface area (Å²) in [6, 6.07) is -0.272. The van der Waals surface area contributed by atoms with E-state index in [0.717, 1.165) is 6.26 Å². The lowest BCUT2D eigenvalue weighted by Gasteiger charge is -2.38. The fourth-order valence-corrected chi connectivity index (χ4v) is 4.09. The maximum absolute atomic E-state index is 12.6. The van der Waals surface area contributed by atoms with Crippen LogP contribution < -0.4 is 0 Å². The Labute approximate surface area is 159 Å². The molecular formula is C17H35NO6SSi. The van der Waals surface area contributed by atoms with Gasteiger partial charge in [0, 0.05) is 0 Å². The van der Waals surface area contributed by atoms with Crippen LogP contribution in [-0.4, -0.2) is 64.9 Å². The van der Waals surface area contributed by atoms with Gasteiger partial charge in [0.05, 0.1) is 31.6 Å². The van der Waals surface area contributed by atoms with E-state index in [9.17, 15) is 13.2 Å². The SMILES string of the molecule is CC(C)(C)OC(=O)N1CC(OS(C)(=O)=O)CC1CO[Si](C)(C)C(C)(C)C. The first-order valence-corrected chi connectivity index (χ1v) is 13.7. The molecule has 7 nitrogen and oxygen atoms in total. The maximum atomic E-state index is 12.6. The van der Waals surface area contributed by atoms with E-state index < -0.39 is 36.2 Å². The fraction of sp³-hybridized carbons (Fsp3) is 0.941. The van der Waals surface area contributed by atoms with E-state index in [0.29, 0.717) is 13.0 Å². The number of ether oxygens (including phenoxy) is 1. The van der Waals surface area contributed by atoms with E-state index in [1.807, 2.05) is 0 Å². The number of nitrogens with zero attached hydrogens (tertiary/aromatic N) is 1. The smallest absolute Gasteiger partial charge is 0.410 e. The molecule has 26 heavy (non-hydrogen) atoms. The first-order valence-electron chi connectivity index (χ1n) is 8.93. The number of amides is 1. The molecule has 0 bridgehead atoms. The summed E-state index contributed by atoms with van der Waals surface area (Å²) in [5.74, 6) is 0. The monoisotopic (exact) mass is 409 g/mol. The number of carbonyl (C=O) groups is 1. The van der Waals surface area contributed by atoms with Crippen molar-refractivity contribution in [1.82, 2.24) is 4.90 Å². The van der Waals surface area contributed by atoms with Crippen LogP contribution in [0.15, 0.2) is 0 Å². The van der Waals surface area contributed by atoms with Crippen molar-refractivity contribution in [3.63, 3.8) is 0 Å². The van der Waals surface area contributed by atoms with Gasteiger partial charge < -0.3 is 14.1 Å². The average Bonchev–Trinajstić information content (AvgIpc) is 2.73. The van der Waals surface area contributed by atoms with Crippen LogP contribution in [0.25, 0.3) is 0 Å². The lowest BCUT2D eigenvalue weighted by molar-refractivity contribution is 0.0171. The van der Waals surface area contributed by atoms with Crippen molar-refractivity contribution in [3.05, 3.63) is 0 Å². The second kappa shape index (κ2) is 7.77. The summed E-state index contributed by atoms with van der Waals surface area (Å²) in [7, 11) is -5.58. The number of hydrogen-bond acceptors (Lipinski definition) is 6. The van der Waals surface area contributed by atoms with Crippen LogP contribution in [0.4, 0.5) is 4.79 Å². The molecule has 0 aromatic rings. The summed E-state index contributed by atoms with van der Waals surface area (Å²) in [5, 5.41) is 0.0466. The molecule has 2 atom stereocenters. The second-order valence-electron chi connectivity index (χ2n) is 9.52. The zero-order valence-electron chi connectivity index (χ0n) is 17.6. The third-order valence-corrected chi connectivity index (χ3v) is 9.88. The third kappa shape index (κ3) is 7.17. The van der Waals surface area contributed by atoms with Gasteiger partial charge in [-0.25, -0.2) is 4.79 Å². The van der Waals surface area contributed by atoms with Crippen LogP contribution in [0.1, 0.15) is 48.0 Å². The van der Waals surface area contributed by atoms with Crippen molar-refractivity contribution in [2.24, 2.45) is 0 Å². The summed E-state index contributed by atoms with van der Waals surface area (Å²) < 4.78 is 39.8. The van der Waals surface area contributed by atoms with Gasteiger partial charge in [0.2, 0.25) is 0 Å². The van der Waals surface area contributed by atoms with Gasteiger partial charge in [0.1, 0.15) is 5.60 Å². The number of rotatable bonds is 5. The van der Waals surface area contributed by atoms with E-state index in [2.05, 4.69) is 33.9 Å². The Morgan fingerprint density at radius 1 is 1.15 bits per heavy atom. The minimum absolute atomic E-state index is 0.0466. The van der Waals surface area contributed by atoms with Gasteiger partial charge in [-0.2, -0.15) is 8.42 Å². The van der Waals surface area contributed by atoms with Gasteiger partial charge in [-0.1, -0.05) is 20.8 Å². The molecule has 0 aromatic carbocycles. The van der Waals surface area contributed by atoms with Crippen LogP contribution in [0, 0.1) is 0 Å². The molecule has 1 heterocycles. The standard InChI is InChI=1S/C17H35NO6SSi/c1-16(2,3)23-15(19)18-11-14(24-25(7,20)21)10-13(18)12-22-26(8,9)17(4,5)6/h13-14H,10-12H2,1-9H3. The van der Waals surface area contributed by atoms with Gasteiger partial charge in [-0.3, -0.25) is 4.18 Å². The maximum Gasteiger partial charge on any atom is 0.410 e. The quantitative estimate of drug-likeness (QED) is 0.511. The lowest BCUT2D eigenvalue weighted by atomic mass is 10.2. The molecule has 0 radical (unpaired) electrons. The molecular weight excluding hydrogens is 374 g/mol. The molecule has 0 spiro atoms. The molecule has 9 heteroatoms. The first kappa shape index (κ1) is 23.4.